The number of carbonyl (C=O) groups is 1. The molecule has 1 N–H and O–H groups in total. The van der Waals surface area contributed by atoms with Gasteiger partial charge in [0, 0.05) is 10.7 Å². The highest BCUT2D eigenvalue weighted by Crippen LogP contribution is 2.27. The molecule has 0 aliphatic carbocycles. The predicted octanol–water partition coefficient (Wildman–Crippen LogP) is 5.31. The number of benzene rings is 2. The Hall–Kier alpha value is -1.71. The maximum Gasteiger partial charge on any atom is 0.262 e. The van der Waals surface area contributed by atoms with Gasteiger partial charge in [-0.25, -0.2) is 0 Å². The van der Waals surface area contributed by atoms with Gasteiger partial charge in [-0.2, -0.15) is 0 Å². The van der Waals surface area contributed by atoms with Gasteiger partial charge in [0.1, 0.15) is 5.75 Å². The lowest BCUT2D eigenvalue weighted by Crippen LogP contribution is -2.20. The number of nitrogens with one attached hydrogen (secondary N) is 1. The fourth-order valence-electron chi connectivity index (χ4n) is 1.99. The van der Waals surface area contributed by atoms with Gasteiger partial charge in [-0.05, 0) is 41.3 Å². The van der Waals surface area contributed by atoms with Crippen molar-refractivity contribution in [1.29, 1.82) is 0 Å². The zero-order chi connectivity index (χ0) is 17.0. The highest BCUT2D eigenvalue weighted by atomic mass is 35.5. The molecule has 23 heavy (non-hydrogen) atoms. The van der Waals surface area contributed by atoms with Crippen molar-refractivity contribution in [3.63, 3.8) is 0 Å². The fourth-order valence-corrected chi connectivity index (χ4v) is 2.45. The lowest BCUT2D eigenvalue weighted by molar-refractivity contribution is -0.118. The molecule has 0 aliphatic heterocycles. The molecule has 122 valence electrons. The first-order valence-electron chi connectivity index (χ1n) is 7.24. The predicted molar refractivity (Wildman–Crippen MR) is 95.7 cm³/mol. The van der Waals surface area contributed by atoms with E-state index in [1.807, 2.05) is 24.3 Å². The molecule has 0 radical (unpaired) electrons. The number of hydrogen-bond donors (Lipinski definition) is 1. The molecule has 0 saturated heterocycles. The maximum absolute atomic E-state index is 11.9. The number of ether oxygens (including phenoxy) is 1. The van der Waals surface area contributed by atoms with Crippen LogP contribution in [0.3, 0.4) is 0 Å². The molecule has 0 spiro atoms. The van der Waals surface area contributed by atoms with Crippen LogP contribution in [-0.2, 0) is 10.2 Å². The molecular formula is C18H19Cl2NO2. The molecule has 0 bridgehead atoms. The van der Waals surface area contributed by atoms with E-state index in [1.165, 1.54) is 5.56 Å². The number of rotatable bonds is 4. The third-order valence-electron chi connectivity index (χ3n) is 3.29. The van der Waals surface area contributed by atoms with Crippen molar-refractivity contribution >= 4 is 34.8 Å². The van der Waals surface area contributed by atoms with E-state index >= 15 is 0 Å². The van der Waals surface area contributed by atoms with Gasteiger partial charge >= 0.3 is 0 Å². The van der Waals surface area contributed by atoms with Gasteiger partial charge in [-0.1, -0.05) is 56.1 Å². The lowest BCUT2D eigenvalue weighted by atomic mass is 9.87. The third kappa shape index (κ3) is 5.15. The van der Waals surface area contributed by atoms with Crippen molar-refractivity contribution in [2.75, 3.05) is 11.9 Å². The summed E-state index contributed by atoms with van der Waals surface area (Å²) in [4.78, 5) is 11.9. The zero-order valence-corrected chi connectivity index (χ0v) is 14.8. The number of carbonyl (C=O) groups excluding carboxylic acids is 1. The van der Waals surface area contributed by atoms with E-state index in [9.17, 15) is 4.79 Å². The van der Waals surface area contributed by atoms with Crippen LogP contribution < -0.4 is 10.1 Å². The minimum atomic E-state index is -0.250. The quantitative estimate of drug-likeness (QED) is 0.810. The van der Waals surface area contributed by atoms with Crippen molar-refractivity contribution < 1.29 is 9.53 Å². The first-order chi connectivity index (χ1) is 10.8. The minimum absolute atomic E-state index is 0.0803. The molecule has 0 heterocycles. The molecule has 0 unspecified atom stereocenters. The van der Waals surface area contributed by atoms with Gasteiger partial charge in [0.2, 0.25) is 0 Å². The second kappa shape index (κ2) is 7.24. The molecule has 2 aromatic rings. The van der Waals surface area contributed by atoms with Crippen LogP contribution >= 0.6 is 23.2 Å². The monoisotopic (exact) mass is 351 g/mol. The molecular weight excluding hydrogens is 333 g/mol. The zero-order valence-electron chi connectivity index (χ0n) is 13.3. The lowest BCUT2D eigenvalue weighted by Gasteiger charge is -2.19. The molecule has 0 saturated carbocycles. The smallest absolute Gasteiger partial charge is 0.262 e. The van der Waals surface area contributed by atoms with Crippen LogP contribution in [0.2, 0.25) is 10.0 Å². The summed E-state index contributed by atoms with van der Waals surface area (Å²) in [7, 11) is 0. The fraction of sp³-hybridized carbons (Fsp3) is 0.278. The molecule has 2 rings (SSSR count). The molecule has 0 aliphatic rings. The van der Waals surface area contributed by atoms with Gasteiger partial charge < -0.3 is 10.1 Å². The Bertz CT molecular complexity index is 691. The van der Waals surface area contributed by atoms with Crippen LogP contribution in [0.5, 0.6) is 5.75 Å². The van der Waals surface area contributed by atoms with Gasteiger partial charge in [0.15, 0.2) is 6.61 Å². The SMILES string of the molecule is CC(C)(C)c1ccc(NC(=O)COc2ccc(Cl)cc2Cl)cc1. The summed E-state index contributed by atoms with van der Waals surface area (Å²) in [5.41, 5.74) is 2.02. The molecule has 2 aromatic carbocycles. The van der Waals surface area contributed by atoms with E-state index in [0.717, 1.165) is 5.69 Å². The van der Waals surface area contributed by atoms with Crippen LogP contribution in [0.25, 0.3) is 0 Å². The van der Waals surface area contributed by atoms with Crippen molar-refractivity contribution in [3.05, 3.63) is 58.1 Å². The van der Waals surface area contributed by atoms with E-state index in [2.05, 4.69) is 26.1 Å². The molecule has 5 heteroatoms. The second-order valence-corrected chi connectivity index (χ2v) is 7.08. The molecule has 0 atom stereocenters. The van der Waals surface area contributed by atoms with Gasteiger partial charge in [-0.3, -0.25) is 4.79 Å². The second-order valence-electron chi connectivity index (χ2n) is 6.24. The summed E-state index contributed by atoms with van der Waals surface area (Å²) in [6.07, 6.45) is 0. The average Bonchev–Trinajstić information content (AvgIpc) is 2.46. The number of halogens is 2. The number of hydrogen-bond acceptors (Lipinski definition) is 2. The highest BCUT2D eigenvalue weighted by molar-refractivity contribution is 6.35. The highest BCUT2D eigenvalue weighted by Gasteiger charge is 2.13. The normalized spacial score (nSPS) is 11.2. The summed E-state index contributed by atoms with van der Waals surface area (Å²) >= 11 is 11.8. The topological polar surface area (TPSA) is 38.3 Å². The Morgan fingerprint density at radius 1 is 1.09 bits per heavy atom. The number of amides is 1. The summed E-state index contributed by atoms with van der Waals surface area (Å²) in [5, 5.41) is 3.68. The first kappa shape index (κ1) is 17.6. The Kier molecular flexibility index (Phi) is 5.55. The van der Waals surface area contributed by atoms with Gasteiger partial charge in [0.25, 0.3) is 5.91 Å². The third-order valence-corrected chi connectivity index (χ3v) is 3.82. The molecule has 3 nitrogen and oxygen atoms in total. The standard InChI is InChI=1S/C18H19Cl2NO2/c1-18(2,3)12-4-7-14(8-5-12)21-17(22)11-23-16-9-6-13(19)10-15(16)20/h4-10H,11H2,1-3H3,(H,21,22). The molecule has 0 fully saturated rings. The van der Waals surface area contributed by atoms with Crippen LogP contribution in [0.15, 0.2) is 42.5 Å². The first-order valence-corrected chi connectivity index (χ1v) is 7.99. The van der Waals surface area contributed by atoms with Gasteiger partial charge in [-0.15, -0.1) is 0 Å². The van der Waals surface area contributed by atoms with E-state index in [1.54, 1.807) is 18.2 Å². The molecule has 0 aromatic heterocycles. The van der Waals surface area contributed by atoms with Crippen molar-refractivity contribution in [1.82, 2.24) is 0 Å². The Morgan fingerprint density at radius 2 is 1.74 bits per heavy atom. The van der Waals surface area contributed by atoms with Crippen LogP contribution in [0.4, 0.5) is 5.69 Å². The minimum Gasteiger partial charge on any atom is -0.482 e. The average molecular weight is 352 g/mol. The van der Waals surface area contributed by atoms with Crippen LogP contribution in [0, 0.1) is 0 Å². The summed E-state index contributed by atoms with van der Waals surface area (Å²) < 4.78 is 5.40. The van der Waals surface area contributed by atoms with Crippen molar-refractivity contribution in [3.8, 4) is 5.75 Å². The molecule has 1 amide bonds. The van der Waals surface area contributed by atoms with E-state index in [0.29, 0.717) is 15.8 Å². The Morgan fingerprint density at radius 3 is 2.30 bits per heavy atom. The van der Waals surface area contributed by atoms with Crippen LogP contribution in [-0.4, -0.2) is 12.5 Å². The van der Waals surface area contributed by atoms with Crippen molar-refractivity contribution in [2.45, 2.75) is 26.2 Å². The maximum atomic E-state index is 11.9. The van der Waals surface area contributed by atoms with Gasteiger partial charge in [0.05, 0.1) is 5.02 Å². The Labute approximate surface area is 146 Å². The van der Waals surface area contributed by atoms with E-state index < -0.39 is 0 Å². The van der Waals surface area contributed by atoms with E-state index in [4.69, 9.17) is 27.9 Å². The summed E-state index contributed by atoms with van der Waals surface area (Å²) in [6, 6.07) is 12.6. The Balaban J connectivity index is 1.92. The number of anilines is 1. The van der Waals surface area contributed by atoms with Crippen LogP contribution in [0.1, 0.15) is 26.3 Å². The summed E-state index contributed by atoms with van der Waals surface area (Å²) in [5.74, 6) is 0.175. The van der Waals surface area contributed by atoms with E-state index in [-0.39, 0.29) is 17.9 Å². The van der Waals surface area contributed by atoms with Crippen molar-refractivity contribution in [2.24, 2.45) is 0 Å². The largest absolute Gasteiger partial charge is 0.482 e. The summed E-state index contributed by atoms with van der Waals surface area (Å²) in [6.45, 7) is 6.31.